The topological polar surface area (TPSA) is 38.9 Å². The van der Waals surface area contributed by atoms with E-state index in [0.29, 0.717) is 0 Å². The molecule has 3 nitrogen and oxygen atoms in total. The number of fused-ring (bicyclic) bond motifs is 9. The lowest BCUT2D eigenvalue weighted by atomic mass is 9.83. The maximum atomic E-state index is 6.57. The fourth-order valence-corrected chi connectivity index (χ4v) is 8.92. The van der Waals surface area contributed by atoms with Crippen LogP contribution in [-0.2, 0) is 0 Å². The van der Waals surface area contributed by atoms with Crippen molar-refractivity contribution in [2.24, 2.45) is 0 Å². The molecule has 3 heteroatoms. The van der Waals surface area contributed by atoms with Crippen molar-refractivity contribution in [1.29, 1.82) is 0 Å². The molecule has 2 heterocycles. The summed E-state index contributed by atoms with van der Waals surface area (Å²) < 4.78 is 6.57. The molecule has 0 saturated heterocycles. The molecule has 0 N–H and O–H groups in total. The molecule has 0 aliphatic heterocycles. The van der Waals surface area contributed by atoms with Gasteiger partial charge >= 0.3 is 0 Å². The minimum Gasteiger partial charge on any atom is -0.455 e. The summed E-state index contributed by atoms with van der Waals surface area (Å²) in [5.41, 5.74) is 14.9. The Morgan fingerprint density at radius 2 is 0.925 bits per heavy atom. The Hall–Kier alpha value is -7.10. The maximum Gasteiger partial charge on any atom is 0.143 e. The summed E-state index contributed by atoms with van der Waals surface area (Å²) in [7, 11) is 0. The average Bonchev–Trinajstić information content (AvgIpc) is 3.76. The maximum absolute atomic E-state index is 6.57. The Morgan fingerprint density at radius 1 is 0.340 bits per heavy atom. The molecule has 1 aliphatic carbocycles. The molecule has 9 aromatic carbocycles. The zero-order valence-electron chi connectivity index (χ0n) is 28.5. The fourth-order valence-electron chi connectivity index (χ4n) is 8.92. The number of para-hydroxylation sites is 4. The highest BCUT2D eigenvalue weighted by molar-refractivity contribution is 6.26. The molecule has 0 atom stereocenters. The van der Waals surface area contributed by atoms with Crippen LogP contribution >= 0.6 is 0 Å². The smallest absolute Gasteiger partial charge is 0.143 e. The lowest BCUT2D eigenvalue weighted by Gasteiger charge is -2.20. The van der Waals surface area contributed by atoms with E-state index in [1.165, 1.54) is 54.6 Å². The lowest BCUT2D eigenvalue weighted by Crippen LogP contribution is -1.93. The number of nitrogens with zero attached hydrogens (tertiary/aromatic N) is 2. The minimum atomic E-state index is 0.902. The van der Waals surface area contributed by atoms with Gasteiger partial charge in [0.05, 0.1) is 22.4 Å². The summed E-state index contributed by atoms with van der Waals surface area (Å²) >= 11 is 0. The third kappa shape index (κ3) is 3.99. The van der Waals surface area contributed by atoms with Gasteiger partial charge in [0, 0.05) is 32.8 Å². The van der Waals surface area contributed by atoms with E-state index in [9.17, 15) is 0 Å². The van der Waals surface area contributed by atoms with E-state index in [0.717, 1.165) is 66.6 Å². The molecule has 12 rings (SSSR count). The highest BCUT2D eigenvalue weighted by Crippen LogP contribution is 2.51. The van der Waals surface area contributed by atoms with Gasteiger partial charge in [-0.3, -0.25) is 0 Å². The van der Waals surface area contributed by atoms with Crippen LogP contribution in [0.5, 0.6) is 0 Å². The van der Waals surface area contributed by atoms with Crippen molar-refractivity contribution in [3.8, 4) is 55.9 Å². The molecule has 0 amide bonds. The van der Waals surface area contributed by atoms with Gasteiger partial charge < -0.3 is 4.42 Å². The number of hydrogen-bond acceptors (Lipinski definition) is 3. The lowest BCUT2D eigenvalue weighted by molar-refractivity contribution is 0.670. The highest BCUT2D eigenvalue weighted by Gasteiger charge is 2.27. The number of rotatable bonds is 3. The third-order valence-electron chi connectivity index (χ3n) is 11.2. The van der Waals surface area contributed by atoms with Crippen molar-refractivity contribution < 1.29 is 4.42 Å². The first kappa shape index (κ1) is 28.6. The number of aromatic nitrogens is 2. The van der Waals surface area contributed by atoms with E-state index in [2.05, 4.69) is 140 Å². The SMILES string of the molecule is c1ccc(-c2c3ccccc3c(-c3ccc4c5c(cccc35)-c3nc5ccccc5nc3-4)c3cc(-c4cccc5c4oc4ccccc45)ccc23)cc1. The van der Waals surface area contributed by atoms with Gasteiger partial charge in [-0.25, -0.2) is 9.97 Å². The van der Waals surface area contributed by atoms with Crippen LogP contribution in [-0.4, -0.2) is 9.97 Å². The number of hydrogen-bond donors (Lipinski definition) is 0. The number of furan rings is 1. The van der Waals surface area contributed by atoms with Gasteiger partial charge in [0.1, 0.15) is 11.2 Å². The van der Waals surface area contributed by atoms with Crippen LogP contribution in [0.2, 0.25) is 0 Å². The Balaban J connectivity index is 1.20. The van der Waals surface area contributed by atoms with E-state index >= 15 is 0 Å². The van der Waals surface area contributed by atoms with Crippen molar-refractivity contribution in [3.05, 3.63) is 170 Å². The Morgan fingerprint density at radius 3 is 1.72 bits per heavy atom. The van der Waals surface area contributed by atoms with Crippen LogP contribution < -0.4 is 0 Å². The van der Waals surface area contributed by atoms with Gasteiger partial charge in [-0.05, 0) is 79.0 Å². The molecule has 0 saturated carbocycles. The fraction of sp³-hybridized carbons (Fsp3) is 0. The molecule has 0 bridgehead atoms. The second-order valence-corrected chi connectivity index (χ2v) is 14.0. The monoisotopic (exact) mass is 672 g/mol. The van der Waals surface area contributed by atoms with Crippen LogP contribution in [0.1, 0.15) is 0 Å². The predicted molar refractivity (Wildman–Crippen MR) is 220 cm³/mol. The first-order chi connectivity index (χ1) is 26.3. The zero-order chi connectivity index (χ0) is 34.6. The molecule has 0 radical (unpaired) electrons. The summed E-state index contributed by atoms with van der Waals surface area (Å²) in [4.78, 5) is 10.3. The van der Waals surface area contributed by atoms with Crippen LogP contribution in [0, 0.1) is 0 Å². The Kier molecular flexibility index (Phi) is 5.77. The number of benzene rings is 9. The third-order valence-corrected chi connectivity index (χ3v) is 11.2. The summed E-state index contributed by atoms with van der Waals surface area (Å²) in [6.07, 6.45) is 0. The molecule has 1 aliphatic rings. The summed E-state index contributed by atoms with van der Waals surface area (Å²) in [5.74, 6) is 0. The van der Waals surface area contributed by atoms with Gasteiger partial charge in [0.2, 0.25) is 0 Å². The molecule has 2 aromatic heterocycles. The summed E-state index contributed by atoms with van der Waals surface area (Å²) in [5, 5.41) is 9.54. The molecule has 244 valence electrons. The molecule has 0 fully saturated rings. The van der Waals surface area contributed by atoms with Crippen molar-refractivity contribution in [2.45, 2.75) is 0 Å². The van der Waals surface area contributed by atoms with E-state index in [1.807, 2.05) is 30.3 Å². The Bertz CT molecular complexity index is 3290. The normalized spacial score (nSPS) is 12.2. The first-order valence-corrected chi connectivity index (χ1v) is 18.1. The van der Waals surface area contributed by atoms with Gasteiger partial charge in [-0.1, -0.05) is 146 Å². The van der Waals surface area contributed by atoms with Gasteiger partial charge in [0.15, 0.2) is 0 Å². The molecular formula is C50H28N2O. The minimum absolute atomic E-state index is 0.902. The summed E-state index contributed by atoms with van der Waals surface area (Å²) in [6.45, 7) is 0. The van der Waals surface area contributed by atoms with E-state index in [1.54, 1.807) is 0 Å². The van der Waals surface area contributed by atoms with Crippen molar-refractivity contribution in [3.63, 3.8) is 0 Å². The van der Waals surface area contributed by atoms with E-state index < -0.39 is 0 Å². The van der Waals surface area contributed by atoms with Crippen LogP contribution in [0.15, 0.2) is 174 Å². The van der Waals surface area contributed by atoms with Crippen LogP contribution in [0.3, 0.4) is 0 Å². The second kappa shape index (κ2) is 10.7. The zero-order valence-corrected chi connectivity index (χ0v) is 28.5. The highest BCUT2D eigenvalue weighted by atomic mass is 16.3. The Labute approximate surface area is 304 Å². The first-order valence-electron chi connectivity index (χ1n) is 18.1. The molecular weight excluding hydrogens is 645 g/mol. The van der Waals surface area contributed by atoms with E-state index in [4.69, 9.17) is 14.4 Å². The molecule has 53 heavy (non-hydrogen) atoms. The molecule has 0 spiro atoms. The standard InChI is InChI=1S/C50H28N2O/c1-2-12-29(13-3-1)45-33-15-4-5-16-34(33)46(41-28-30(24-25-37(41)45)31-17-10-19-38-32-14-6-9-23-44(32)53-50(31)38)36-26-27-40-47-35(36)18-11-20-39(47)48-49(40)52-43-22-8-7-21-42(43)51-48/h1-28H. The van der Waals surface area contributed by atoms with Crippen LogP contribution in [0.25, 0.3) is 121 Å². The van der Waals surface area contributed by atoms with Gasteiger partial charge in [-0.15, -0.1) is 0 Å². The average molecular weight is 673 g/mol. The van der Waals surface area contributed by atoms with Crippen LogP contribution in [0.4, 0.5) is 0 Å². The van der Waals surface area contributed by atoms with Crippen molar-refractivity contribution >= 4 is 65.3 Å². The largest absolute Gasteiger partial charge is 0.455 e. The van der Waals surface area contributed by atoms with E-state index in [-0.39, 0.29) is 0 Å². The quantitative estimate of drug-likeness (QED) is 0.175. The van der Waals surface area contributed by atoms with Crippen molar-refractivity contribution in [1.82, 2.24) is 9.97 Å². The second-order valence-electron chi connectivity index (χ2n) is 14.0. The van der Waals surface area contributed by atoms with Crippen molar-refractivity contribution in [2.75, 3.05) is 0 Å². The predicted octanol–water partition coefficient (Wildman–Crippen LogP) is 13.6. The van der Waals surface area contributed by atoms with Gasteiger partial charge in [-0.2, -0.15) is 0 Å². The van der Waals surface area contributed by atoms with Gasteiger partial charge in [0.25, 0.3) is 0 Å². The summed E-state index contributed by atoms with van der Waals surface area (Å²) in [6, 6.07) is 60.8. The molecule has 0 unspecified atom stereocenters. The molecule has 11 aromatic rings.